The van der Waals surface area contributed by atoms with E-state index in [1.807, 2.05) is 37.3 Å². The van der Waals surface area contributed by atoms with Crippen LogP contribution in [0.25, 0.3) is 0 Å². The molecular formula is C17H14Cl2N4O2S. The maximum atomic E-state index is 12.1. The van der Waals surface area contributed by atoms with Crippen LogP contribution in [0.2, 0.25) is 10.0 Å². The highest BCUT2D eigenvalue weighted by Crippen LogP contribution is 2.27. The van der Waals surface area contributed by atoms with Gasteiger partial charge in [-0.3, -0.25) is 5.32 Å². The highest BCUT2D eigenvalue weighted by Gasteiger charge is 2.15. The Balaban J connectivity index is 1.60. The normalized spacial score (nSPS) is 11.7. The van der Waals surface area contributed by atoms with Gasteiger partial charge in [-0.1, -0.05) is 52.7 Å². The second-order valence-corrected chi connectivity index (χ2v) is 7.07. The van der Waals surface area contributed by atoms with E-state index in [1.165, 1.54) is 11.3 Å². The van der Waals surface area contributed by atoms with Crippen molar-refractivity contribution in [3.05, 3.63) is 63.6 Å². The molecule has 0 radical (unpaired) electrons. The topological polar surface area (TPSA) is 76.1 Å². The molecule has 0 bridgehead atoms. The van der Waals surface area contributed by atoms with Crippen molar-refractivity contribution >= 4 is 51.4 Å². The third-order valence-electron chi connectivity index (χ3n) is 3.24. The third-order valence-corrected chi connectivity index (χ3v) is 4.79. The highest BCUT2D eigenvalue weighted by atomic mass is 35.5. The molecule has 0 saturated carbocycles. The van der Waals surface area contributed by atoms with Crippen molar-refractivity contribution < 1.29 is 9.53 Å². The molecule has 0 aliphatic heterocycles. The van der Waals surface area contributed by atoms with Gasteiger partial charge < -0.3 is 10.1 Å². The van der Waals surface area contributed by atoms with Crippen LogP contribution in [0.4, 0.5) is 15.6 Å². The fraction of sp³-hybridized carbons (Fsp3) is 0.118. The van der Waals surface area contributed by atoms with Gasteiger partial charge in [-0.05, 0) is 37.3 Å². The first kappa shape index (κ1) is 18.4. The molecule has 2 N–H and O–H groups in total. The van der Waals surface area contributed by atoms with Gasteiger partial charge in [0.25, 0.3) is 0 Å². The number of hydrogen-bond donors (Lipinski definition) is 2. The lowest BCUT2D eigenvalue weighted by molar-refractivity contribution is 0.225. The molecule has 0 fully saturated rings. The van der Waals surface area contributed by atoms with Gasteiger partial charge in [0.2, 0.25) is 5.13 Å². The second-order valence-electron chi connectivity index (χ2n) is 5.22. The molecule has 9 heteroatoms. The van der Waals surface area contributed by atoms with Crippen molar-refractivity contribution in [2.45, 2.75) is 13.0 Å². The molecule has 1 atom stereocenters. The molecule has 2 amide bonds. The van der Waals surface area contributed by atoms with Gasteiger partial charge in [0.15, 0.2) is 5.01 Å². The average molecular weight is 409 g/mol. The van der Waals surface area contributed by atoms with Crippen LogP contribution in [0.15, 0.2) is 48.5 Å². The molecule has 6 nitrogen and oxygen atoms in total. The monoisotopic (exact) mass is 408 g/mol. The number of halogens is 2. The SMILES string of the molecule is C[C@H](Oc1ccccc1)c1nnc(NC(=O)Nc2ccc(Cl)cc2Cl)s1. The number of benzene rings is 2. The lowest BCUT2D eigenvalue weighted by atomic mass is 10.3. The summed E-state index contributed by atoms with van der Waals surface area (Å²) >= 11 is 13.1. The zero-order valence-corrected chi connectivity index (χ0v) is 15.9. The van der Waals surface area contributed by atoms with Gasteiger partial charge in [-0.25, -0.2) is 4.79 Å². The average Bonchev–Trinajstić information content (AvgIpc) is 3.07. The van der Waals surface area contributed by atoms with E-state index in [2.05, 4.69) is 20.8 Å². The lowest BCUT2D eigenvalue weighted by Crippen LogP contribution is -2.19. The predicted octanol–water partition coefficient (Wildman–Crippen LogP) is 5.63. The Bertz CT molecular complexity index is 905. The number of ether oxygens (including phenoxy) is 1. The number of urea groups is 1. The van der Waals surface area contributed by atoms with Crippen LogP contribution in [0.1, 0.15) is 18.0 Å². The summed E-state index contributed by atoms with van der Waals surface area (Å²) in [6.45, 7) is 1.87. The van der Waals surface area contributed by atoms with Crippen LogP contribution >= 0.6 is 34.5 Å². The van der Waals surface area contributed by atoms with Crippen molar-refractivity contribution in [2.24, 2.45) is 0 Å². The number of para-hydroxylation sites is 1. The summed E-state index contributed by atoms with van der Waals surface area (Å²) in [5.74, 6) is 0.736. The zero-order valence-electron chi connectivity index (χ0n) is 13.6. The van der Waals surface area contributed by atoms with Crippen LogP contribution in [-0.4, -0.2) is 16.2 Å². The number of hydrogen-bond acceptors (Lipinski definition) is 5. The first-order chi connectivity index (χ1) is 12.5. The Morgan fingerprint density at radius 3 is 2.62 bits per heavy atom. The highest BCUT2D eigenvalue weighted by molar-refractivity contribution is 7.15. The number of amides is 2. The molecule has 0 saturated heterocycles. The van der Waals surface area contributed by atoms with Crippen molar-refractivity contribution in [2.75, 3.05) is 10.6 Å². The number of aromatic nitrogens is 2. The molecule has 3 aromatic rings. The molecule has 26 heavy (non-hydrogen) atoms. The molecule has 1 aromatic heterocycles. The fourth-order valence-electron chi connectivity index (χ4n) is 2.04. The van der Waals surface area contributed by atoms with E-state index in [1.54, 1.807) is 18.2 Å². The molecule has 0 aliphatic rings. The zero-order chi connectivity index (χ0) is 18.5. The van der Waals surface area contributed by atoms with E-state index in [9.17, 15) is 4.79 Å². The van der Waals surface area contributed by atoms with Gasteiger partial charge in [-0.15, -0.1) is 10.2 Å². The smallest absolute Gasteiger partial charge is 0.325 e. The van der Waals surface area contributed by atoms with Gasteiger partial charge in [0, 0.05) is 5.02 Å². The molecule has 134 valence electrons. The van der Waals surface area contributed by atoms with Gasteiger partial charge in [0.05, 0.1) is 10.7 Å². The molecule has 0 aliphatic carbocycles. The van der Waals surface area contributed by atoms with Gasteiger partial charge >= 0.3 is 6.03 Å². The number of nitrogens with one attached hydrogen (secondary N) is 2. The maximum Gasteiger partial charge on any atom is 0.325 e. The van der Waals surface area contributed by atoms with E-state index >= 15 is 0 Å². The van der Waals surface area contributed by atoms with Crippen LogP contribution in [0.5, 0.6) is 5.75 Å². The minimum absolute atomic E-state index is 0.292. The van der Waals surface area contributed by atoms with E-state index in [4.69, 9.17) is 27.9 Å². The van der Waals surface area contributed by atoms with E-state index in [0.29, 0.717) is 25.9 Å². The minimum Gasteiger partial charge on any atom is -0.483 e. The molecule has 1 heterocycles. The Morgan fingerprint density at radius 2 is 1.88 bits per heavy atom. The number of rotatable bonds is 5. The van der Waals surface area contributed by atoms with E-state index in [-0.39, 0.29) is 6.10 Å². The number of carbonyl (C=O) groups excluding carboxylic acids is 1. The number of anilines is 2. The van der Waals surface area contributed by atoms with Gasteiger partial charge in [-0.2, -0.15) is 0 Å². The van der Waals surface area contributed by atoms with E-state index < -0.39 is 6.03 Å². The minimum atomic E-state index is -0.478. The first-order valence-corrected chi connectivity index (χ1v) is 9.16. The quantitative estimate of drug-likeness (QED) is 0.573. The lowest BCUT2D eigenvalue weighted by Gasteiger charge is -2.11. The van der Waals surface area contributed by atoms with Crippen LogP contribution in [0, 0.1) is 0 Å². The van der Waals surface area contributed by atoms with Crippen LogP contribution in [-0.2, 0) is 0 Å². The Kier molecular flexibility index (Phi) is 5.92. The third kappa shape index (κ3) is 4.85. The summed E-state index contributed by atoms with van der Waals surface area (Å²) in [4.78, 5) is 12.1. The molecule has 3 rings (SSSR count). The summed E-state index contributed by atoms with van der Waals surface area (Å²) < 4.78 is 5.79. The molecule has 0 spiro atoms. The van der Waals surface area contributed by atoms with Crippen LogP contribution < -0.4 is 15.4 Å². The van der Waals surface area contributed by atoms with Crippen LogP contribution in [0.3, 0.4) is 0 Å². The second kappa shape index (κ2) is 8.35. The maximum absolute atomic E-state index is 12.1. The Labute approximate surface area is 164 Å². The Morgan fingerprint density at radius 1 is 1.12 bits per heavy atom. The Hall–Kier alpha value is -2.35. The standard InChI is InChI=1S/C17H14Cl2N4O2S/c1-10(25-12-5-3-2-4-6-12)15-22-23-17(26-15)21-16(24)20-14-8-7-11(18)9-13(14)19/h2-10H,1H3,(H2,20,21,23,24)/t10-/m0/s1. The van der Waals surface area contributed by atoms with Crippen molar-refractivity contribution in [1.29, 1.82) is 0 Å². The summed E-state index contributed by atoms with van der Waals surface area (Å²) in [5.41, 5.74) is 0.444. The van der Waals surface area contributed by atoms with Crippen molar-refractivity contribution in [3.63, 3.8) is 0 Å². The summed E-state index contributed by atoms with van der Waals surface area (Å²) in [7, 11) is 0. The molecule has 2 aromatic carbocycles. The van der Waals surface area contributed by atoms with Crippen molar-refractivity contribution in [3.8, 4) is 5.75 Å². The van der Waals surface area contributed by atoms with Crippen molar-refractivity contribution in [1.82, 2.24) is 10.2 Å². The molecular weight excluding hydrogens is 395 g/mol. The predicted molar refractivity (Wildman–Crippen MR) is 104 cm³/mol. The first-order valence-electron chi connectivity index (χ1n) is 7.59. The van der Waals surface area contributed by atoms with E-state index in [0.717, 1.165) is 5.75 Å². The molecule has 0 unspecified atom stereocenters. The number of nitrogens with zero attached hydrogens (tertiary/aromatic N) is 2. The summed E-state index contributed by atoms with van der Waals surface area (Å²) in [6, 6.07) is 13.7. The summed E-state index contributed by atoms with van der Waals surface area (Å²) in [5, 5.41) is 15.1. The largest absolute Gasteiger partial charge is 0.483 e. The summed E-state index contributed by atoms with van der Waals surface area (Å²) in [6.07, 6.45) is -0.292. The fourth-order valence-corrected chi connectivity index (χ4v) is 3.22. The number of carbonyl (C=O) groups is 1. The van der Waals surface area contributed by atoms with Gasteiger partial charge in [0.1, 0.15) is 11.9 Å².